The molecule has 2 fully saturated rings. The van der Waals surface area contributed by atoms with E-state index in [1.54, 1.807) is 10.9 Å². The Labute approximate surface area is 232 Å². The molecule has 9 nitrogen and oxygen atoms in total. The Morgan fingerprint density at radius 2 is 1.82 bits per heavy atom. The first-order valence-electron chi connectivity index (χ1n) is 14.3. The third-order valence-corrected chi connectivity index (χ3v) is 8.72. The molecule has 0 unspecified atom stereocenters. The lowest BCUT2D eigenvalue weighted by molar-refractivity contribution is -0.137. The molecule has 0 radical (unpaired) electrons. The summed E-state index contributed by atoms with van der Waals surface area (Å²) in [7, 11) is 0. The van der Waals surface area contributed by atoms with Gasteiger partial charge in [-0.15, -0.1) is 0 Å². The van der Waals surface area contributed by atoms with Crippen molar-refractivity contribution in [1.82, 2.24) is 29.1 Å². The Kier molecular flexibility index (Phi) is 6.28. The fraction of sp³-hybridized carbons (Fsp3) is 0.419. The van der Waals surface area contributed by atoms with E-state index in [2.05, 4.69) is 51.4 Å². The van der Waals surface area contributed by atoms with E-state index in [1.165, 1.54) is 27.6 Å². The van der Waals surface area contributed by atoms with E-state index in [9.17, 15) is 14.7 Å². The van der Waals surface area contributed by atoms with Gasteiger partial charge < -0.3 is 10.0 Å². The van der Waals surface area contributed by atoms with Crippen molar-refractivity contribution in [1.29, 1.82) is 0 Å². The van der Waals surface area contributed by atoms with Gasteiger partial charge in [0, 0.05) is 38.6 Å². The summed E-state index contributed by atoms with van der Waals surface area (Å²) >= 11 is 0. The fourth-order valence-corrected chi connectivity index (χ4v) is 6.19. The molecular weight excluding hydrogens is 504 g/mol. The van der Waals surface area contributed by atoms with Gasteiger partial charge in [-0.05, 0) is 60.9 Å². The predicted molar refractivity (Wildman–Crippen MR) is 151 cm³/mol. The van der Waals surface area contributed by atoms with Crippen LogP contribution in [0.5, 0.6) is 0 Å². The maximum Gasteiger partial charge on any atom is 0.264 e. The normalized spacial score (nSPS) is 19.1. The largest absolute Gasteiger partial charge is 0.388 e. The second-order valence-electron chi connectivity index (χ2n) is 11.7. The molecule has 7 rings (SSSR count). The second-order valence-corrected chi connectivity index (χ2v) is 11.7. The van der Waals surface area contributed by atoms with Gasteiger partial charge in [0.15, 0.2) is 5.65 Å². The molecule has 206 valence electrons. The van der Waals surface area contributed by atoms with Gasteiger partial charge in [-0.2, -0.15) is 5.10 Å². The first kappa shape index (κ1) is 25.2. The molecular formula is C31H34N6O3. The Hall–Kier alpha value is -3.82. The van der Waals surface area contributed by atoms with Crippen LogP contribution in [0.25, 0.3) is 16.7 Å². The molecule has 2 aliphatic heterocycles. The highest BCUT2D eigenvalue weighted by molar-refractivity contribution is 5.81. The van der Waals surface area contributed by atoms with E-state index in [1.807, 2.05) is 17.0 Å². The van der Waals surface area contributed by atoms with Gasteiger partial charge in [0.2, 0.25) is 5.91 Å². The van der Waals surface area contributed by atoms with Crippen LogP contribution in [0.3, 0.4) is 0 Å². The standard InChI is InChI=1S/C31H34N6O3/c38-29(24-8-9-24)35-14-11-31(40,12-15-35)20-36-21-32-28-27(30(36)39)17-33-37(28)26-7-3-4-22(16-26)18-34-13-10-23-5-1-2-6-25(23)19-34/h1-7,16-17,21,24,40H,8-15,18-20H2. The maximum absolute atomic E-state index is 13.4. The van der Waals surface area contributed by atoms with Gasteiger partial charge in [0.25, 0.3) is 5.56 Å². The zero-order valence-corrected chi connectivity index (χ0v) is 22.6. The number of fused-ring (bicyclic) bond motifs is 2. The summed E-state index contributed by atoms with van der Waals surface area (Å²) in [6.45, 7) is 3.99. The van der Waals surface area contributed by atoms with Crippen molar-refractivity contribution >= 4 is 16.9 Å². The van der Waals surface area contributed by atoms with Crippen molar-refractivity contribution in [2.24, 2.45) is 5.92 Å². The number of benzene rings is 2. The third-order valence-electron chi connectivity index (χ3n) is 8.72. The van der Waals surface area contributed by atoms with E-state index in [0.29, 0.717) is 37.0 Å². The summed E-state index contributed by atoms with van der Waals surface area (Å²) in [4.78, 5) is 34.7. The summed E-state index contributed by atoms with van der Waals surface area (Å²) in [6.07, 6.45) is 6.99. The zero-order valence-electron chi connectivity index (χ0n) is 22.6. The highest BCUT2D eigenvalue weighted by atomic mass is 16.3. The minimum atomic E-state index is -1.04. The van der Waals surface area contributed by atoms with E-state index >= 15 is 0 Å². The first-order chi connectivity index (χ1) is 19.5. The third kappa shape index (κ3) is 4.84. The van der Waals surface area contributed by atoms with Crippen LogP contribution in [0.1, 0.15) is 42.4 Å². The molecule has 0 spiro atoms. The minimum Gasteiger partial charge on any atom is -0.388 e. The highest BCUT2D eigenvalue weighted by Gasteiger charge is 2.39. The van der Waals surface area contributed by atoms with Gasteiger partial charge in [-0.1, -0.05) is 36.4 Å². The summed E-state index contributed by atoms with van der Waals surface area (Å²) in [5.74, 6) is 0.389. The van der Waals surface area contributed by atoms with E-state index in [4.69, 9.17) is 0 Å². The van der Waals surface area contributed by atoms with Crippen molar-refractivity contribution in [3.8, 4) is 5.69 Å². The molecule has 1 aliphatic carbocycles. The summed E-state index contributed by atoms with van der Waals surface area (Å²) in [6, 6.07) is 16.9. The van der Waals surface area contributed by atoms with Crippen LogP contribution >= 0.6 is 0 Å². The van der Waals surface area contributed by atoms with Crippen LogP contribution in [0.2, 0.25) is 0 Å². The molecule has 4 heterocycles. The molecule has 9 heteroatoms. The lowest BCUT2D eigenvalue weighted by atomic mass is 9.91. The SMILES string of the molecule is O=C(C1CC1)N1CCC(O)(Cn2cnc3c(cnn3-c3cccc(CN4CCc5ccccc5C4)c3)c2=O)CC1. The summed E-state index contributed by atoms with van der Waals surface area (Å²) in [5.41, 5.74) is 4.12. The summed E-state index contributed by atoms with van der Waals surface area (Å²) in [5, 5.41) is 16.2. The lowest BCUT2D eigenvalue weighted by Crippen LogP contribution is -2.50. The Morgan fingerprint density at radius 1 is 1.02 bits per heavy atom. The van der Waals surface area contributed by atoms with Gasteiger partial charge in [-0.3, -0.25) is 19.1 Å². The average molecular weight is 539 g/mol. The number of aliphatic hydroxyl groups is 1. The number of nitrogens with zero attached hydrogens (tertiary/aromatic N) is 6. The molecule has 40 heavy (non-hydrogen) atoms. The molecule has 0 atom stereocenters. The Morgan fingerprint density at radius 3 is 2.62 bits per heavy atom. The van der Waals surface area contributed by atoms with Gasteiger partial charge in [-0.25, -0.2) is 9.67 Å². The number of amides is 1. The number of piperidine rings is 1. The van der Waals surface area contributed by atoms with E-state index < -0.39 is 5.60 Å². The molecule has 0 bridgehead atoms. The van der Waals surface area contributed by atoms with Crippen molar-refractivity contribution in [3.63, 3.8) is 0 Å². The molecule has 1 N–H and O–H groups in total. The van der Waals surface area contributed by atoms with Crippen molar-refractivity contribution in [3.05, 3.63) is 88.1 Å². The smallest absolute Gasteiger partial charge is 0.264 e. The quantitative estimate of drug-likeness (QED) is 0.406. The van der Waals surface area contributed by atoms with Gasteiger partial charge in [0.05, 0.1) is 24.0 Å². The summed E-state index contributed by atoms with van der Waals surface area (Å²) < 4.78 is 3.20. The number of carbonyl (C=O) groups is 1. The lowest BCUT2D eigenvalue weighted by Gasteiger charge is -2.38. The van der Waals surface area contributed by atoms with Gasteiger partial charge >= 0.3 is 0 Å². The number of rotatable bonds is 6. The molecule has 2 aromatic heterocycles. The van der Waals surface area contributed by atoms with E-state index in [0.717, 1.165) is 44.6 Å². The van der Waals surface area contributed by atoms with Crippen LogP contribution < -0.4 is 5.56 Å². The van der Waals surface area contributed by atoms with Crippen LogP contribution in [-0.2, 0) is 30.8 Å². The average Bonchev–Trinajstić information content (AvgIpc) is 3.73. The molecule has 1 saturated heterocycles. The maximum atomic E-state index is 13.4. The first-order valence-corrected chi connectivity index (χ1v) is 14.3. The van der Waals surface area contributed by atoms with Crippen LogP contribution in [0.4, 0.5) is 0 Å². The molecule has 1 saturated carbocycles. The highest BCUT2D eigenvalue weighted by Crippen LogP contribution is 2.33. The minimum absolute atomic E-state index is 0.153. The Balaban J connectivity index is 1.07. The number of hydrogen-bond acceptors (Lipinski definition) is 6. The monoisotopic (exact) mass is 538 g/mol. The number of aromatic nitrogens is 4. The van der Waals surface area contributed by atoms with Crippen LogP contribution in [0, 0.1) is 5.92 Å². The molecule has 2 aromatic carbocycles. The number of hydrogen-bond donors (Lipinski definition) is 1. The van der Waals surface area contributed by atoms with Crippen LogP contribution in [-0.4, -0.2) is 65.4 Å². The zero-order chi connectivity index (χ0) is 27.3. The van der Waals surface area contributed by atoms with Crippen molar-refractivity contribution < 1.29 is 9.90 Å². The van der Waals surface area contributed by atoms with Crippen LogP contribution in [0.15, 0.2) is 65.8 Å². The Bertz CT molecular complexity index is 1630. The molecule has 3 aliphatic rings. The van der Waals surface area contributed by atoms with Gasteiger partial charge in [0.1, 0.15) is 11.7 Å². The second kappa shape index (κ2) is 9.98. The topological polar surface area (TPSA) is 96.5 Å². The van der Waals surface area contributed by atoms with Crippen molar-refractivity contribution in [2.75, 3.05) is 19.6 Å². The number of carbonyl (C=O) groups excluding carboxylic acids is 1. The van der Waals surface area contributed by atoms with Crippen molar-refractivity contribution in [2.45, 2.75) is 57.3 Å². The van der Waals surface area contributed by atoms with E-state index in [-0.39, 0.29) is 23.9 Å². The predicted octanol–water partition coefficient (Wildman–Crippen LogP) is 2.90. The molecule has 1 amide bonds. The molecule has 4 aromatic rings. The fourth-order valence-electron chi connectivity index (χ4n) is 6.19. The number of likely N-dealkylation sites (tertiary alicyclic amines) is 1.